The van der Waals surface area contributed by atoms with Crippen LogP contribution >= 0.6 is 0 Å². The van der Waals surface area contributed by atoms with Crippen molar-refractivity contribution in [3.8, 4) is 0 Å². The average molecular weight is 360 g/mol. The molecule has 9 nitrogen and oxygen atoms in total. The maximum Gasteiger partial charge on any atom is 0.270 e. The molecule has 128 valence electrons. The summed E-state index contributed by atoms with van der Waals surface area (Å²) in [4.78, 5) is 27.3. The summed E-state index contributed by atoms with van der Waals surface area (Å²) >= 11 is 0. The van der Waals surface area contributed by atoms with Gasteiger partial charge in [-0.25, -0.2) is 8.42 Å². The van der Waals surface area contributed by atoms with Crippen LogP contribution in [0.5, 0.6) is 0 Å². The number of nitrogens with zero attached hydrogens (tertiary/aromatic N) is 1. The number of aromatic amines is 1. The number of nitro benzene ring substituents is 1. The molecule has 0 saturated carbocycles. The van der Waals surface area contributed by atoms with Gasteiger partial charge in [0, 0.05) is 40.4 Å². The summed E-state index contributed by atoms with van der Waals surface area (Å²) in [6.07, 6.45) is 1.43. The fourth-order valence-corrected chi connectivity index (χ4v) is 3.33. The van der Waals surface area contributed by atoms with Crippen LogP contribution in [0.2, 0.25) is 0 Å². The third-order valence-corrected chi connectivity index (χ3v) is 4.94. The minimum Gasteiger partial charge on any atom is -0.360 e. The predicted molar refractivity (Wildman–Crippen MR) is 89.3 cm³/mol. The maximum absolute atomic E-state index is 12.9. The van der Waals surface area contributed by atoms with Crippen molar-refractivity contribution in [1.82, 2.24) is 9.82 Å². The van der Waals surface area contributed by atoms with Crippen LogP contribution in [-0.4, -0.2) is 24.1 Å². The molecule has 3 rings (SSSR count). The summed E-state index contributed by atoms with van der Waals surface area (Å²) in [5, 5.41) is 11.6. The number of nitrogens with one attached hydrogen (secondary N) is 2. The molecule has 2 aromatic carbocycles. The number of hydrogen-bond acceptors (Lipinski definition) is 6. The minimum absolute atomic E-state index is 0.199. The monoisotopic (exact) mass is 360 g/mol. The van der Waals surface area contributed by atoms with Gasteiger partial charge >= 0.3 is 0 Å². The molecule has 4 N–H and O–H groups in total. The lowest BCUT2D eigenvalue weighted by molar-refractivity contribution is -0.384. The Morgan fingerprint density at radius 2 is 1.88 bits per heavy atom. The van der Waals surface area contributed by atoms with Crippen molar-refractivity contribution in [2.45, 2.75) is 4.90 Å². The molecule has 0 bridgehead atoms. The van der Waals surface area contributed by atoms with E-state index in [9.17, 15) is 23.3 Å². The summed E-state index contributed by atoms with van der Waals surface area (Å²) in [6, 6.07) is 9.83. The summed E-state index contributed by atoms with van der Waals surface area (Å²) in [5.41, 5.74) is 0.137. The minimum atomic E-state index is -4.19. The van der Waals surface area contributed by atoms with E-state index in [2.05, 4.69) is 4.98 Å². The van der Waals surface area contributed by atoms with Crippen molar-refractivity contribution in [2.75, 3.05) is 0 Å². The zero-order valence-electron chi connectivity index (χ0n) is 12.6. The predicted octanol–water partition coefficient (Wildman–Crippen LogP) is 1.46. The maximum atomic E-state index is 12.9. The third-order valence-electron chi connectivity index (χ3n) is 3.70. The molecule has 0 aliphatic heterocycles. The highest BCUT2D eigenvalue weighted by atomic mass is 32.2. The Morgan fingerprint density at radius 1 is 1.16 bits per heavy atom. The van der Waals surface area contributed by atoms with Crippen LogP contribution in [0.4, 0.5) is 5.69 Å². The Balaban J connectivity index is 2.25. The average Bonchev–Trinajstić information content (AvgIpc) is 3.04. The number of para-hydroxylation sites is 1. The first kappa shape index (κ1) is 16.8. The van der Waals surface area contributed by atoms with E-state index >= 15 is 0 Å². The van der Waals surface area contributed by atoms with Gasteiger partial charge in [-0.05, 0) is 12.1 Å². The first-order valence-corrected chi connectivity index (χ1v) is 8.45. The van der Waals surface area contributed by atoms with E-state index in [0.29, 0.717) is 10.9 Å². The number of nitro groups is 1. The Morgan fingerprint density at radius 3 is 2.56 bits per heavy atom. The molecule has 0 spiro atoms. The Kier molecular flexibility index (Phi) is 4.08. The summed E-state index contributed by atoms with van der Waals surface area (Å²) in [7, 11) is -4.19. The van der Waals surface area contributed by atoms with Crippen molar-refractivity contribution in [2.24, 2.45) is 5.84 Å². The van der Waals surface area contributed by atoms with E-state index in [1.165, 1.54) is 6.20 Å². The fraction of sp³-hybridized carbons (Fsp3) is 0. The molecule has 0 atom stereocenters. The van der Waals surface area contributed by atoms with Gasteiger partial charge in [0.15, 0.2) is 5.78 Å². The molecule has 3 aromatic rings. The zero-order chi connectivity index (χ0) is 18.2. The van der Waals surface area contributed by atoms with Gasteiger partial charge in [-0.1, -0.05) is 18.2 Å². The van der Waals surface area contributed by atoms with Crippen LogP contribution in [0.15, 0.2) is 53.6 Å². The van der Waals surface area contributed by atoms with Gasteiger partial charge in [0.2, 0.25) is 0 Å². The smallest absolute Gasteiger partial charge is 0.270 e. The SMILES string of the molecule is NNS(=O)(=O)c1ccc([N+](=O)[O-])cc1C(=O)c1c[nH]c2ccccc12. The first-order valence-electron chi connectivity index (χ1n) is 6.97. The number of carbonyl (C=O) groups excluding carboxylic acids is 1. The molecule has 0 saturated heterocycles. The Labute approximate surface area is 141 Å². The zero-order valence-corrected chi connectivity index (χ0v) is 13.4. The number of fused-ring (bicyclic) bond motifs is 1. The van der Waals surface area contributed by atoms with Gasteiger partial charge in [0.05, 0.1) is 9.82 Å². The third kappa shape index (κ3) is 2.89. The molecule has 0 fully saturated rings. The lowest BCUT2D eigenvalue weighted by Gasteiger charge is -2.08. The standard InChI is InChI=1S/C15H12N4O5S/c16-18-25(23,24)14-6-5-9(19(21)22)7-11(14)15(20)12-8-17-13-4-2-1-3-10(12)13/h1-8,17-18H,16H2. The van der Waals surface area contributed by atoms with E-state index in [1.54, 1.807) is 29.1 Å². The van der Waals surface area contributed by atoms with Gasteiger partial charge in [-0.15, -0.1) is 0 Å². The van der Waals surface area contributed by atoms with Crippen LogP contribution in [0.25, 0.3) is 10.9 Å². The molecule has 1 heterocycles. The fourth-order valence-electron chi connectivity index (χ4n) is 2.51. The number of benzene rings is 2. The molecule has 0 aliphatic rings. The van der Waals surface area contributed by atoms with Crippen LogP contribution < -0.4 is 10.7 Å². The number of non-ortho nitro benzene ring substituents is 1. The molecule has 0 radical (unpaired) electrons. The topological polar surface area (TPSA) is 148 Å². The van der Waals surface area contributed by atoms with Gasteiger partial charge in [0.25, 0.3) is 15.7 Å². The quantitative estimate of drug-likeness (QED) is 0.271. The van der Waals surface area contributed by atoms with Gasteiger partial charge in [-0.2, -0.15) is 4.83 Å². The Bertz CT molecular complexity index is 1100. The van der Waals surface area contributed by atoms with Crippen LogP contribution in [0.1, 0.15) is 15.9 Å². The van der Waals surface area contributed by atoms with Gasteiger partial charge in [-0.3, -0.25) is 20.8 Å². The highest BCUT2D eigenvalue weighted by molar-refractivity contribution is 7.89. The second-order valence-corrected chi connectivity index (χ2v) is 6.82. The normalized spacial score (nSPS) is 11.6. The van der Waals surface area contributed by atoms with E-state index in [1.807, 2.05) is 0 Å². The number of carbonyl (C=O) groups is 1. The van der Waals surface area contributed by atoms with E-state index in [4.69, 9.17) is 5.84 Å². The summed E-state index contributed by atoms with van der Waals surface area (Å²) in [5.74, 6) is 4.35. The number of nitrogens with two attached hydrogens (primary N) is 1. The van der Waals surface area contributed by atoms with Gasteiger partial charge in [0.1, 0.15) is 0 Å². The molecule has 0 aliphatic carbocycles. The largest absolute Gasteiger partial charge is 0.360 e. The number of hydrazine groups is 1. The molecule has 10 heteroatoms. The van der Waals surface area contributed by atoms with E-state index in [-0.39, 0.29) is 11.1 Å². The molecule has 0 unspecified atom stereocenters. The van der Waals surface area contributed by atoms with E-state index < -0.39 is 31.3 Å². The van der Waals surface area contributed by atoms with Crippen LogP contribution in [0, 0.1) is 10.1 Å². The number of aromatic nitrogens is 1. The Hall–Kier alpha value is -3.08. The summed E-state index contributed by atoms with van der Waals surface area (Å²) in [6.45, 7) is 0. The molecule has 1 aromatic heterocycles. The second-order valence-electron chi connectivity index (χ2n) is 5.14. The van der Waals surface area contributed by atoms with Crippen molar-refractivity contribution < 1.29 is 18.1 Å². The number of sulfonamides is 1. The van der Waals surface area contributed by atoms with Gasteiger partial charge < -0.3 is 4.98 Å². The molecular weight excluding hydrogens is 348 g/mol. The van der Waals surface area contributed by atoms with Crippen LogP contribution in [-0.2, 0) is 10.0 Å². The number of ketones is 1. The van der Waals surface area contributed by atoms with Crippen molar-refractivity contribution in [3.05, 3.63) is 69.9 Å². The highest BCUT2D eigenvalue weighted by Crippen LogP contribution is 2.27. The lowest BCUT2D eigenvalue weighted by atomic mass is 10.0. The number of rotatable bonds is 5. The molecule has 0 amide bonds. The highest BCUT2D eigenvalue weighted by Gasteiger charge is 2.26. The number of hydrogen-bond donors (Lipinski definition) is 3. The van der Waals surface area contributed by atoms with Crippen molar-refractivity contribution in [1.29, 1.82) is 0 Å². The lowest BCUT2D eigenvalue weighted by Crippen LogP contribution is -2.31. The molecule has 25 heavy (non-hydrogen) atoms. The summed E-state index contributed by atoms with van der Waals surface area (Å²) < 4.78 is 24.1. The van der Waals surface area contributed by atoms with E-state index in [0.717, 1.165) is 18.2 Å². The van der Waals surface area contributed by atoms with Crippen LogP contribution in [0.3, 0.4) is 0 Å². The molecular formula is C15H12N4O5S. The first-order chi connectivity index (χ1) is 11.8. The second kappa shape index (κ2) is 6.09. The van der Waals surface area contributed by atoms with Crippen molar-refractivity contribution >= 4 is 32.4 Å². The van der Waals surface area contributed by atoms with Crippen molar-refractivity contribution in [3.63, 3.8) is 0 Å². The number of H-pyrrole nitrogens is 1.